The van der Waals surface area contributed by atoms with Crippen LogP contribution in [0.5, 0.6) is 0 Å². The maximum Gasteiger partial charge on any atom is 0.0723 e. The number of aryl methyl sites for hydroxylation is 1. The highest BCUT2D eigenvalue weighted by Crippen LogP contribution is 2.29. The van der Waals surface area contributed by atoms with Crippen LogP contribution in [0.4, 0.5) is 0 Å². The molecular weight excluding hydrogens is 274 g/mol. The predicted molar refractivity (Wildman–Crippen MR) is 91.6 cm³/mol. The van der Waals surface area contributed by atoms with Gasteiger partial charge in [-0.25, -0.2) is 4.98 Å². The number of nitrogens with zero attached hydrogens (tertiary/aromatic N) is 1. The highest BCUT2D eigenvalue weighted by Gasteiger charge is 2.08. The quantitative estimate of drug-likeness (QED) is 0.595. The van der Waals surface area contributed by atoms with Crippen LogP contribution in [0.3, 0.4) is 0 Å². The first-order valence-electron chi connectivity index (χ1n) is 6.95. The Balaban J connectivity index is 2.17. The minimum absolute atomic E-state index is 1.03. The molecule has 104 valence electrons. The van der Waals surface area contributed by atoms with Crippen molar-refractivity contribution in [3.8, 4) is 22.5 Å². The fraction of sp³-hybridized carbons (Fsp3) is 0.105. The maximum atomic E-state index is 4.87. The number of thioether (sulfide) groups is 1. The van der Waals surface area contributed by atoms with Gasteiger partial charge in [-0.05, 0) is 30.9 Å². The van der Waals surface area contributed by atoms with Gasteiger partial charge < -0.3 is 0 Å². The third-order valence-corrected chi connectivity index (χ3v) is 4.23. The first-order chi connectivity index (χ1) is 10.3. The number of hydrogen-bond acceptors (Lipinski definition) is 2. The van der Waals surface area contributed by atoms with Gasteiger partial charge in [0.25, 0.3) is 0 Å². The fourth-order valence-electron chi connectivity index (χ4n) is 2.38. The Morgan fingerprint density at radius 2 is 1.48 bits per heavy atom. The average molecular weight is 291 g/mol. The second-order valence-corrected chi connectivity index (χ2v) is 5.84. The molecule has 3 rings (SSSR count). The monoisotopic (exact) mass is 291 g/mol. The maximum absolute atomic E-state index is 4.87. The number of pyridine rings is 1. The smallest absolute Gasteiger partial charge is 0.0723 e. The van der Waals surface area contributed by atoms with E-state index in [4.69, 9.17) is 4.98 Å². The van der Waals surface area contributed by atoms with Gasteiger partial charge in [-0.3, -0.25) is 0 Å². The molecule has 0 saturated carbocycles. The Morgan fingerprint density at radius 3 is 2.19 bits per heavy atom. The first kappa shape index (κ1) is 13.9. The zero-order chi connectivity index (χ0) is 14.7. The van der Waals surface area contributed by atoms with Gasteiger partial charge in [0.15, 0.2) is 0 Å². The highest BCUT2D eigenvalue weighted by molar-refractivity contribution is 7.98. The Hall–Kier alpha value is -2.06. The standard InChI is InChI=1S/C19H17NS/c1-14-8-6-7-11-17(14)19-13-16(21-2)12-18(20-19)15-9-4-3-5-10-15/h3-13H,1-2H3. The van der Waals surface area contributed by atoms with Gasteiger partial charge in [0, 0.05) is 16.0 Å². The van der Waals surface area contributed by atoms with Crippen LogP contribution in [0.15, 0.2) is 71.6 Å². The van der Waals surface area contributed by atoms with Crippen molar-refractivity contribution < 1.29 is 0 Å². The van der Waals surface area contributed by atoms with Gasteiger partial charge in [-0.15, -0.1) is 11.8 Å². The van der Waals surface area contributed by atoms with Crippen molar-refractivity contribution in [1.82, 2.24) is 4.98 Å². The van der Waals surface area contributed by atoms with E-state index in [1.54, 1.807) is 11.8 Å². The summed E-state index contributed by atoms with van der Waals surface area (Å²) < 4.78 is 0. The molecule has 0 radical (unpaired) electrons. The fourth-order valence-corrected chi connectivity index (χ4v) is 2.84. The molecule has 0 aliphatic carbocycles. The molecule has 0 fully saturated rings. The van der Waals surface area contributed by atoms with Crippen LogP contribution in [0.2, 0.25) is 0 Å². The molecule has 1 heterocycles. The first-order valence-corrected chi connectivity index (χ1v) is 8.18. The normalized spacial score (nSPS) is 10.6. The van der Waals surface area contributed by atoms with Crippen LogP contribution in [-0.2, 0) is 0 Å². The lowest BCUT2D eigenvalue weighted by atomic mass is 10.0. The lowest BCUT2D eigenvalue weighted by Gasteiger charge is -2.10. The minimum atomic E-state index is 1.03. The lowest BCUT2D eigenvalue weighted by Crippen LogP contribution is -1.91. The molecule has 1 nitrogen and oxygen atoms in total. The van der Waals surface area contributed by atoms with E-state index in [0.717, 1.165) is 17.0 Å². The van der Waals surface area contributed by atoms with Gasteiger partial charge in [0.2, 0.25) is 0 Å². The number of hydrogen-bond donors (Lipinski definition) is 0. The Kier molecular flexibility index (Phi) is 4.07. The predicted octanol–water partition coefficient (Wildman–Crippen LogP) is 5.45. The van der Waals surface area contributed by atoms with Crippen molar-refractivity contribution in [3.05, 3.63) is 72.3 Å². The second-order valence-electron chi connectivity index (χ2n) is 4.96. The molecule has 0 N–H and O–H groups in total. The summed E-state index contributed by atoms with van der Waals surface area (Å²) in [7, 11) is 0. The zero-order valence-electron chi connectivity index (χ0n) is 12.2. The van der Waals surface area contributed by atoms with E-state index in [1.165, 1.54) is 16.0 Å². The number of rotatable bonds is 3. The molecule has 0 bridgehead atoms. The Labute approximate surface area is 130 Å². The third kappa shape index (κ3) is 3.01. The summed E-state index contributed by atoms with van der Waals surface area (Å²) in [4.78, 5) is 6.11. The van der Waals surface area contributed by atoms with Gasteiger partial charge in [-0.1, -0.05) is 54.6 Å². The van der Waals surface area contributed by atoms with Crippen molar-refractivity contribution in [3.63, 3.8) is 0 Å². The van der Waals surface area contributed by atoms with Crippen molar-refractivity contribution in [2.45, 2.75) is 11.8 Å². The molecule has 2 heteroatoms. The van der Waals surface area contributed by atoms with Gasteiger partial charge >= 0.3 is 0 Å². The second kappa shape index (κ2) is 6.15. The average Bonchev–Trinajstić information content (AvgIpc) is 2.55. The molecule has 0 aliphatic heterocycles. The van der Waals surface area contributed by atoms with E-state index in [-0.39, 0.29) is 0 Å². The minimum Gasteiger partial charge on any atom is -0.248 e. The third-order valence-electron chi connectivity index (χ3n) is 3.53. The van der Waals surface area contributed by atoms with Gasteiger partial charge in [0.05, 0.1) is 11.4 Å². The van der Waals surface area contributed by atoms with Gasteiger partial charge in [-0.2, -0.15) is 0 Å². The van der Waals surface area contributed by atoms with Crippen LogP contribution < -0.4 is 0 Å². The molecule has 0 unspecified atom stereocenters. The summed E-state index contributed by atoms with van der Waals surface area (Å²) in [6.07, 6.45) is 2.10. The Bertz CT molecular complexity index is 751. The van der Waals surface area contributed by atoms with Crippen molar-refractivity contribution >= 4 is 11.8 Å². The highest BCUT2D eigenvalue weighted by atomic mass is 32.2. The van der Waals surface area contributed by atoms with Crippen molar-refractivity contribution in [1.29, 1.82) is 0 Å². The SMILES string of the molecule is CSc1cc(-c2ccccc2)nc(-c2ccccc2C)c1. The molecular formula is C19H17NS. The van der Waals surface area contributed by atoms with Crippen LogP contribution in [0, 0.1) is 6.92 Å². The van der Waals surface area contributed by atoms with E-state index >= 15 is 0 Å². The molecule has 2 aromatic carbocycles. The van der Waals surface area contributed by atoms with Crippen molar-refractivity contribution in [2.75, 3.05) is 6.26 Å². The molecule has 0 saturated heterocycles. The molecule has 1 aromatic heterocycles. The summed E-state index contributed by atoms with van der Waals surface area (Å²) in [5.74, 6) is 0. The van der Waals surface area contributed by atoms with Crippen LogP contribution in [-0.4, -0.2) is 11.2 Å². The van der Waals surface area contributed by atoms with Crippen LogP contribution in [0.25, 0.3) is 22.5 Å². The summed E-state index contributed by atoms with van der Waals surface area (Å²) >= 11 is 1.75. The summed E-state index contributed by atoms with van der Waals surface area (Å²) in [5.41, 5.74) is 5.68. The molecule has 0 spiro atoms. The molecule has 0 aliphatic rings. The van der Waals surface area contributed by atoms with E-state index in [1.807, 2.05) is 6.07 Å². The summed E-state index contributed by atoms with van der Waals surface area (Å²) in [5, 5.41) is 0. The van der Waals surface area contributed by atoms with E-state index in [2.05, 4.69) is 73.8 Å². The summed E-state index contributed by atoms with van der Waals surface area (Å²) in [6, 6.07) is 23.1. The lowest BCUT2D eigenvalue weighted by molar-refractivity contribution is 1.25. The van der Waals surface area contributed by atoms with E-state index < -0.39 is 0 Å². The molecule has 3 aromatic rings. The molecule has 0 atom stereocenters. The van der Waals surface area contributed by atoms with Crippen LogP contribution >= 0.6 is 11.8 Å². The van der Waals surface area contributed by atoms with Crippen molar-refractivity contribution in [2.24, 2.45) is 0 Å². The number of benzene rings is 2. The largest absolute Gasteiger partial charge is 0.248 e. The molecule has 0 amide bonds. The topological polar surface area (TPSA) is 12.9 Å². The Morgan fingerprint density at radius 1 is 0.810 bits per heavy atom. The van der Waals surface area contributed by atoms with E-state index in [0.29, 0.717) is 0 Å². The molecule has 21 heavy (non-hydrogen) atoms. The van der Waals surface area contributed by atoms with Gasteiger partial charge in [0.1, 0.15) is 0 Å². The zero-order valence-corrected chi connectivity index (χ0v) is 13.0. The summed E-state index contributed by atoms with van der Waals surface area (Å²) in [6.45, 7) is 2.13. The van der Waals surface area contributed by atoms with Crippen LogP contribution in [0.1, 0.15) is 5.56 Å². The number of aromatic nitrogens is 1. The van der Waals surface area contributed by atoms with E-state index in [9.17, 15) is 0 Å².